The number of ether oxygens (including phenoxy) is 2. The number of methoxy groups -OCH3 is 2. The average molecular weight is 354 g/mol. The van der Waals surface area contributed by atoms with E-state index in [1.54, 1.807) is 42.5 Å². The second-order valence-electron chi connectivity index (χ2n) is 5.51. The van der Waals surface area contributed by atoms with Gasteiger partial charge in [0.1, 0.15) is 11.3 Å². The Hall–Kier alpha value is -3.48. The van der Waals surface area contributed by atoms with E-state index in [0.717, 1.165) is 0 Å². The van der Waals surface area contributed by atoms with Crippen molar-refractivity contribution >= 4 is 34.2 Å². The molecule has 7 heteroatoms. The quantitative estimate of drug-likeness (QED) is 0.730. The topological polar surface area (TPSA) is 89.8 Å². The molecular weight excluding hydrogens is 336 g/mol. The Labute approximate surface area is 149 Å². The van der Waals surface area contributed by atoms with Gasteiger partial charge < -0.3 is 24.5 Å². The summed E-state index contributed by atoms with van der Waals surface area (Å²) < 4.78 is 16.1. The first-order valence-corrected chi connectivity index (χ1v) is 7.86. The summed E-state index contributed by atoms with van der Waals surface area (Å²) in [6.45, 7) is 1.37. The molecule has 1 heterocycles. The molecule has 0 aliphatic carbocycles. The molecule has 2 amide bonds. The highest BCUT2D eigenvalue weighted by molar-refractivity contribution is 6.14. The van der Waals surface area contributed by atoms with Gasteiger partial charge in [-0.2, -0.15) is 0 Å². The van der Waals surface area contributed by atoms with Gasteiger partial charge in [-0.15, -0.1) is 0 Å². The summed E-state index contributed by atoms with van der Waals surface area (Å²) >= 11 is 0. The van der Waals surface area contributed by atoms with E-state index in [2.05, 4.69) is 10.6 Å². The lowest BCUT2D eigenvalue weighted by Crippen LogP contribution is -2.15. The molecule has 0 radical (unpaired) electrons. The van der Waals surface area contributed by atoms with Crippen LogP contribution in [0.2, 0.25) is 0 Å². The molecule has 2 aromatic carbocycles. The van der Waals surface area contributed by atoms with E-state index in [1.807, 2.05) is 0 Å². The molecule has 0 unspecified atom stereocenters. The Kier molecular flexibility index (Phi) is 4.79. The molecule has 0 saturated carbocycles. The van der Waals surface area contributed by atoms with Crippen molar-refractivity contribution in [3.63, 3.8) is 0 Å². The summed E-state index contributed by atoms with van der Waals surface area (Å²) in [4.78, 5) is 24.2. The summed E-state index contributed by atoms with van der Waals surface area (Å²) in [5, 5.41) is 6.06. The molecule has 3 rings (SSSR count). The Bertz CT molecular complexity index is 977. The molecule has 0 saturated heterocycles. The fourth-order valence-corrected chi connectivity index (χ4v) is 2.61. The molecule has 134 valence electrons. The molecule has 0 aliphatic heterocycles. The maximum atomic E-state index is 12.7. The molecule has 0 bridgehead atoms. The molecular formula is C19H18N2O5. The lowest BCUT2D eigenvalue weighted by atomic mass is 10.2. The number of anilines is 2. The van der Waals surface area contributed by atoms with E-state index in [0.29, 0.717) is 33.8 Å². The van der Waals surface area contributed by atoms with Crippen LogP contribution in [-0.2, 0) is 4.79 Å². The van der Waals surface area contributed by atoms with Gasteiger partial charge in [0.2, 0.25) is 11.7 Å². The van der Waals surface area contributed by atoms with E-state index in [9.17, 15) is 9.59 Å². The molecule has 0 aliphatic rings. The Morgan fingerprint density at radius 2 is 1.69 bits per heavy atom. The highest BCUT2D eigenvalue weighted by Gasteiger charge is 2.22. The number of furan rings is 1. The van der Waals surface area contributed by atoms with Crippen LogP contribution in [0.4, 0.5) is 11.4 Å². The molecule has 0 atom stereocenters. The molecule has 1 aromatic heterocycles. The van der Waals surface area contributed by atoms with Crippen LogP contribution >= 0.6 is 0 Å². The summed E-state index contributed by atoms with van der Waals surface area (Å²) in [6.07, 6.45) is 0. The summed E-state index contributed by atoms with van der Waals surface area (Å²) in [6, 6.07) is 12.1. The second-order valence-corrected chi connectivity index (χ2v) is 5.51. The predicted octanol–water partition coefficient (Wildman–Crippen LogP) is 3.66. The van der Waals surface area contributed by atoms with Gasteiger partial charge in [0.25, 0.3) is 5.91 Å². The minimum absolute atomic E-state index is 0.0242. The van der Waals surface area contributed by atoms with Crippen LogP contribution in [0.25, 0.3) is 11.0 Å². The van der Waals surface area contributed by atoms with Gasteiger partial charge in [0.05, 0.1) is 14.2 Å². The number of carbonyl (C=O) groups is 2. The third-order valence-corrected chi connectivity index (χ3v) is 3.74. The Morgan fingerprint density at radius 1 is 0.962 bits per heavy atom. The SMILES string of the molecule is COc1ccc(NC(=O)c2oc3ccccc3c2NC(C)=O)cc1OC. The zero-order valence-electron chi connectivity index (χ0n) is 14.6. The number of amides is 2. The van der Waals surface area contributed by atoms with Crippen LogP contribution in [0.1, 0.15) is 17.5 Å². The zero-order valence-corrected chi connectivity index (χ0v) is 14.6. The minimum atomic E-state index is -0.489. The second kappa shape index (κ2) is 7.18. The molecule has 26 heavy (non-hydrogen) atoms. The van der Waals surface area contributed by atoms with Gasteiger partial charge in [-0.1, -0.05) is 12.1 Å². The first kappa shape index (κ1) is 17.3. The third kappa shape index (κ3) is 3.32. The van der Waals surface area contributed by atoms with Crippen LogP contribution in [0.15, 0.2) is 46.9 Å². The van der Waals surface area contributed by atoms with Crippen LogP contribution in [0.5, 0.6) is 11.5 Å². The summed E-state index contributed by atoms with van der Waals surface area (Å²) in [5.41, 5.74) is 1.35. The number of hydrogen-bond acceptors (Lipinski definition) is 5. The van der Waals surface area contributed by atoms with Crippen molar-refractivity contribution in [1.82, 2.24) is 0 Å². The van der Waals surface area contributed by atoms with Gasteiger partial charge in [-0.05, 0) is 24.3 Å². The van der Waals surface area contributed by atoms with Gasteiger partial charge in [0.15, 0.2) is 11.5 Å². The maximum absolute atomic E-state index is 12.7. The number of rotatable bonds is 5. The van der Waals surface area contributed by atoms with Crippen molar-refractivity contribution in [3.05, 3.63) is 48.2 Å². The average Bonchev–Trinajstić information content (AvgIpc) is 2.99. The van der Waals surface area contributed by atoms with Crippen LogP contribution in [-0.4, -0.2) is 26.0 Å². The molecule has 3 aromatic rings. The van der Waals surface area contributed by atoms with Gasteiger partial charge >= 0.3 is 0 Å². The number of fused-ring (bicyclic) bond motifs is 1. The maximum Gasteiger partial charge on any atom is 0.293 e. The monoisotopic (exact) mass is 354 g/mol. The van der Waals surface area contributed by atoms with Crippen molar-refractivity contribution in [3.8, 4) is 11.5 Å². The van der Waals surface area contributed by atoms with Crippen LogP contribution in [0, 0.1) is 0 Å². The smallest absolute Gasteiger partial charge is 0.293 e. The number of benzene rings is 2. The third-order valence-electron chi connectivity index (χ3n) is 3.74. The number of nitrogens with one attached hydrogen (secondary N) is 2. The van der Waals surface area contributed by atoms with Crippen molar-refractivity contribution in [2.45, 2.75) is 6.92 Å². The summed E-state index contributed by atoms with van der Waals surface area (Å²) in [7, 11) is 3.04. The van der Waals surface area contributed by atoms with Gasteiger partial charge in [0, 0.05) is 24.1 Å². The minimum Gasteiger partial charge on any atom is -0.493 e. The van der Waals surface area contributed by atoms with E-state index >= 15 is 0 Å². The highest BCUT2D eigenvalue weighted by Crippen LogP contribution is 2.33. The Balaban J connectivity index is 1.96. The van der Waals surface area contributed by atoms with Crippen molar-refractivity contribution in [2.24, 2.45) is 0 Å². The van der Waals surface area contributed by atoms with Gasteiger partial charge in [-0.3, -0.25) is 9.59 Å². The van der Waals surface area contributed by atoms with E-state index in [4.69, 9.17) is 13.9 Å². The fourth-order valence-electron chi connectivity index (χ4n) is 2.61. The van der Waals surface area contributed by atoms with Crippen LogP contribution < -0.4 is 20.1 Å². The standard InChI is InChI=1S/C19H18N2O5/c1-11(22)20-17-13-6-4-5-7-14(13)26-18(17)19(23)21-12-8-9-15(24-2)16(10-12)25-3/h4-10H,1-3H3,(H,20,22)(H,21,23). The van der Waals surface area contributed by atoms with Gasteiger partial charge in [-0.25, -0.2) is 0 Å². The van der Waals surface area contributed by atoms with Crippen molar-refractivity contribution in [2.75, 3.05) is 24.9 Å². The molecule has 0 fully saturated rings. The van der Waals surface area contributed by atoms with E-state index in [1.165, 1.54) is 21.1 Å². The predicted molar refractivity (Wildman–Crippen MR) is 98.0 cm³/mol. The summed E-state index contributed by atoms with van der Waals surface area (Å²) in [5.74, 6) is 0.273. The van der Waals surface area contributed by atoms with Crippen LogP contribution in [0.3, 0.4) is 0 Å². The highest BCUT2D eigenvalue weighted by atomic mass is 16.5. The number of para-hydroxylation sites is 1. The van der Waals surface area contributed by atoms with E-state index < -0.39 is 5.91 Å². The van der Waals surface area contributed by atoms with Crippen molar-refractivity contribution < 1.29 is 23.5 Å². The molecule has 7 nitrogen and oxygen atoms in total. The number of hydrogen-bond donors (Lipinski definition) is 2. The lowest BCUT2D eigenvalue weighted by molar-refractivity contribution is -0.114. The number of carbonyl (C=O) groups excluding carboxylic acids is 2. The van der Waals surface area contributed by atoms with E-state index in [-0.39, 0.29) is 11.7 Å². The Morgan fingerprint density at radius 3 is 2.38 bits per heavy atom. The largest absolute Gasteiger partial charge is 0.493 e. The van der Waals surface area contributed by atoms with Crippen molar-refractivity contribution in [1.29, 1.82) is 0 Å². The zero-order chi connectivity index (χ0) is 18.7. The normalized spacial score (nSPS) is 10.4. The first-order valence-electron chi connectivity index (χ1n) is 7.86. The molecule has 0 spiro atoms. The first-order chi connectivity index (χ1) is 12.5. The molecule has 2 N–H and O–H groups in total. The lowest BCUT2D eigenvalue weighted by Gasteiger charge is -2.10. The fraction of sp³-hybridized carbons (Fsp3) is 0.158.